The molecule has 2 rings (SSSR count). The van der Waals surface area contributed by atoms with Crippen LogP contribution in [0.3, 0.4) is 0 Å². The van der Waals surface area contributed by atoms with Crippen molar-refractivity contribution >= 4 is 34.5 Å². The zero-order chi connectivity index (χ0) is 13.8. The normalized spacial score (nSPS) is 10.3. The van der Waals surface area contributed by atoms with Crippen molar-refractivity contribution in [2.24, 2.45) is 0 Å². The summed E-state index contributed by atoms with van der Waals surface area (Å²) in [6, 6.07) is 5.09. The molecule has 0 aliphatic heterocycles. The Kier molecular flexibility index (Phi) is 4.39. The van der Waals surface area contributed by atoms with Gasteiger partial charge in [-0.1, -0.05) is 11.6 Å². The largest absolute Gasteiger partial charge is 0.495 e. The highest BCUT2D eigenvalue weighted by Gasteiger charge is 2.11. The maximum atomic E-state index is 12.0. The van der Waals surface area contributed by atoms with Gasteiger partial charge < -0.3 is 10.1 Å². The molecule has 0 aliphatic carbocycles. The average Bonchev–Trinajstić information content (AvgIpc) is 2.75. The number of hydrogen-bond donors (Lipinski definition) is 1. The van der Waals surface area contributed by atoms with Crippen molar-refractivity contribution in [3.8, 4) is 5.75 Å². The molecule has 19 heavy (non-hydrogen) atoms. The van der Waals surface area contributed by atoms with Crippen LogP contribution in [0.5, 0.6) is 5.75 Å². The Balaban J connectivity index is 2.11. The van der Waals surface area contributed by atoms with Gasteiger partial charge in [0.1, 0.15) is 5.75 Å². The summed E-state index contributed by atoms with van der Waals surface area (Å²) in [7, 11) is 1.55. The van der Waals surface area contributed by atoms with Crippen molar-refractivity contribution in [1.29, 1.82) is 0 Å². The third-order valence-electron chi connectivity index (χ3n) is 2.60. The van der Waals surface area contributed by atoms with Gasteiger partial charge in [-0.15, -0.1) is 11.3 Å². The van der Waals surface area contributed by atoms with E-state index >= 15 is 0 Å². The van der Waals surface area contributed by atoms with Crippen molar-refractivity contribution in [3.05, 3.63) is 39.3 Å². The van der Waals surface area contributed by atoms with E-state index in [0.717, 1.165) is 10.6 Å². The molecular formula is C13H13ClN2O2S. The summed E-state index contributed by atoms with van der Waals surface area (Å²) >= 11 is 7.38. The number of aryl methyl sites for hydroxylation is 1. The van der Waals surface area contributed by atoms with Crippen molar-refractivity contribution in [2.45, 2.75) is 13.3 Å². The molecule has 1 heterocycles. The minimum Gasteiger partial charge on any atom is -0.495 e. The maximum Gasteiger partial charge on any atom is 0.229 e. The monoisotopic (exact) mass is 296 g/mol. The number of halogens is 1. The first-order valence-electron chi connectivity index (χ1n) is 5.62. The van der Waals surface area contributed by atoms with E-state index in [-0.39, 0.29) is 5.91 Å². The minimum absolute atomic E-state index is 0.118. The number of carbonyl (C=O) groups is 1. The fourth-order valence-corrected chi connectivity index (χ4v) is 2.56. The highest BCUT2D eigenvalue weighted by molar-refractivity contribution is 7.09. The average molecular weight is 297 g/mol. The molecule has 1 amide bonds. The first-order chi connectivity index (χ1) is 9.10. The lowest BCUT2D eigenvalue weighted by Crippen LogP contribution is -2.14. The summed E-state index contributed by atoms with van der Waals surface area (Å²) < 4.78 is 5.18. The summed E-state index contributed by atoms with van der Waals surface area (Å²) in [4.78, 5) is 17.1. The van der Waals surface area contributed by atoms with Crippen LogP contribution < -0.4 is 10.1 Å². The SMILES string of the molecule is COc1ccc(Cl)cc1NC(=O)Cc1scnc1C. The van der Waals surface area contributed by atoms with Crippen molar-refractivity contribution in [2.75, 3.05) is 12.4 Å². The molecule has 0 aliphatic rings. The number of anilines is 1. The van der Waals surface area contributed by atoms with E-state index in [0.29, 0.717) is 22.9 Å². The molecule has 2 aromatic rings. The van der Waals surface area contributed by atoms with Gasteiger partial charge in [0, 0.05) is 9.90 Å². The standard InChI is InChI=1S/C13H13ClN2O2S/c1-8-12(19-7-15-8)6-13(17)16-10-5-9(14)3-4-11(10)18-2/h3-5,7H,6H2,1-2H3,(H,16,17). The number of ether oxygens (including phenoxy) is 1. The second-order valence-corrected chi connectivity index (χ2v) is 5.31. The first kappa shape index (κ1) is 13.8. The molecule has 0 fully saturated rings. The van der Waals surface area contributed by atoms with Crippen LogP contribution in [0.4, 0.5) is 5.69 Å². The zero-order valence-corrected chi connectivity index (χ0v) is 12.1. The van der Waals surface area contributed by atoms with Gasteiger partial charge in [-0.2, -0.15) is 0 Å². The van der Waals surface area contributed by atoms with Crippen LogP contribution in [0.15, 0.2) is 23.7 Å². The summed E-state index contributed by atoms with van der Waals surface area (Å²) in [6.45, 7) is 1.89. The number of amides is 1. The number of nitrogens with zero attached hydrogens (tertiary/aromatic N) is 1. The molecule has 0 radical (unpaired) electrons. The van der Waals surface area contributed by atoms with Gasteiger partial charge in [0.25, 0.3) is 0 Å². The molecule has 4 nitrogen and oxygen atoms in total. The van der Waals surface area contributed by atoms with E-state index in [1.54, 1.807) is 30.8 Å². The second-order valence-electron chi connectivity index (χ2n) is 3.93. The molecule has 0 unspecified atom stereocenters. The third kappa shape index (κ3) is 3.45. The molecule has 1 aromatic carbocycles. The van der Waals surface area contributed by atoms with Crippen molar-refractivity contribution in [1.82, 2.24) is 4.98 Å². The van der Waals surface area contributed by atoms with E-state index in [1.807, 2.05) is 6.92 Å². The lowest BCUT2D eigenvalue weighted by molar-refractivity contribution is -0.115. The summed E-state index contributed by atoms with van der Waals surface area (Å²) in [5.41, 5.74) is 3.19. The van der Waals surface area contributed by atoms with Crippen LogP contribution in [0, 0.1) is 6.92 Å². The molecule has 0 saturated carbocycles. The topological polar surface area (TPSA) is 51.2 Å². The summed E-state index contributed by atoms with van der Waals surface area (Å²) in [6.07, 6.45) is 0.298. The Morgan fingerprint density at radius 2 is 2.32 bits per heavy atom. The Morgan fingerprint density at radius 1 is 1.53 bits per heavy atom. The number of carbonyl (C=O) groups excluding carboxylic acids is 1. The van der Waals surface area contributed by atoms with Crippen LogP contribution in [-0.4, -0.2) is 18.0 Å². The number of aromatic nitrogens is 1. The zero-order valence-electron chi connectivity index (χ0n) is 10.6. The smallest absolute Gasteiger partial charge is 0.229 e. The Labute approximate surface area is 120 Å². The van der Waals surface area contributed by atoms with Gasteiger partial charge in [-0.05, 0) is 25.1 Å². The molecular weight excluding hydrogens is 284 g/mol. The lowest BCUT2D eigenvalue weighted by Gasteiger charge is -2.10. The fourth-order valence-electron chi connectivity index (χ4n) is 1.61. The number of methoxy groups -OCH3 is 1. The maximum absolute atomic E-state index is 12.0. The number of nitrogens with one attached hydrogen (secondary N) is 1. The molecule has 6 heteroatoms. The van der Waals surface area contributed by atoms with Crippen LogP contribution in [0.2, 0.25) is 5.02 Å². The van der Waals surface area contributed by atoms with Gasteiger partial charge in [0.2, 0.25) is 5.91 Å². The molecule has 0 atom stereocenters. The Bertz CT molecular complexity index is 598. The number of benzene rings is 1. The van der Waals surface area contributed by atoms with Gasteiger partial charge in [-0.3, -0.25) is 4.79 Å². The predicted molar refractivity (Wildman–Crippen MR) is 77.2 cm³/mol. The predicted octanol–water partition coefficient (Wildman–Crippen LogP) is 3.29. The number of thiazole rings is 1. The van der Waals surface area contributed by atoms with Gasteiger partial charge in [-0.25, -0.2) is 4.98 Å². The molecule has 1 N–H and O–H groups in total. The highest BCUT2D eigenvalue weighted by atomic mass is 35.5. The van der Waals surface area contributed by atoms with E-state index in [2.05, 4.69) is 10.3 Å². The van der Waals surface area contributed by atoms with Crippen LogP contribution in [-0.2, 0) is 11.2 Å². The Hall–Kier alpha value is -1.59. The molecule has 0 bridgehead atoms. The van der Waals surface area contributed by atoms with Crippen LogP contribution >= 0.6 is 22.9 Å². The summed E-state index contributed by atoms with van der Waals surface area (Å²) in [5, 5.41) is 3.34. The third-order valence-corrected chi connectivity index (χ3v) is 3.77. The van der Waals surface area contributed by atoms with E-state index < -0.39 is 0 Å². The quantitative estimate of drug-likeness (QED) is 0.942. The van der Waals surface area contributed by atoms with E-state index in [1.165, 1.54) is 11.3 Å². The van der Waals surface area contributed by atoms with E-state index in [4.69, 9.17) is 16.3 Å². The Morgan fingerprint density at radius 3 is 2.95 bits per heavy atom. The molecule has 1 aromatic heterocycles. The van der Waals surface area contributed by atoms with Crippen LogP contribution in [0.1, 0.15) is 10.6 Å². The molecule has 100 valence electrons. The van der Waals surface area contributed by atoms with Gasteiger partial charge in [0.15, 0.2) is 0 Å². The molecule has 0 spiro atoms. The number of hydrogen-bond acceptors (Lipinski definition) is 4. The first-order valence-corrected chi connectivity index (χ1v) is 6.88. The second kappa shape index (κ2) is 6.04. The van der Waals surface area contributed by atoms with E-state index in [9.17, 15) is 4.79 Å². The molecule has 0 saturated heterocycles. The van der Waals surface area contributed by atoms with Gasteiger partial charge >= 0.3 is 0 Å². The fraction of sp³-hybridized carbons (Fsp3) is 0.231. The van der Waals surface area contributed by atoms with Crippen molar-refractivity contribution in [3.63, 3.8) is 0 Å². The number of rotatable bonds is 4. The van der Waals surface area contributed by atoms with Crippen LogP contribution in [0.25, 0.3) is 0 Å². The minimum atomic E-state index is -0.118. The lowest BCUT2D eigenvalue weighted by atomic mass is 10.2. The van der Waals surface area contributed by atoms with Gasteiger partial charge in [0.05, 0.1) is 30.4 Å². The van der Waals surface area contributed by atoms with Crippen molar-refractivity contribution < 1.29 is 9.53 Å². The highest BCUT2D eigenvalue weighted by Crippen LogP contribution is 2.28. The summed E-state index contributed by atoms with van der Waals surface area (Å²) in [5.74, 6) is 0.465.